The largest absolute Gasteiger partial charge is 0.494 e. The Balaban J connectivity index is 1.56. The Hall–Kier alpha value is -2.66. The maximum absolute atomic E-state index is 13.6. The van der Waals surface area contributed by atoms with Gasteiger partial charge in [-0.2, -0.15) is 5.10 Å². The Morgan fingerprint density at radius 1 is 1.18 bits per heavy atom. The van der Waals surface area contributed by atoms with E-state index in [0.29, 0.717) is 6.54 Å². The Bertz CT molecular complexity index is 975. The standard InChI is InChI=1S/C23H26FN3O/c1-15-9-16(2)11-18(10-15)27-22-6-4-5-21(19(22)14-26-27)25-13-17-7-8-20(24)23(12-17)28-3/h7-12,14,21,25H,4-6,13H2,1-3H3/t21-/m0/s1. The van der Waals surface area contributed by atoms with Crippen molar-refractivity contribution in [3.63, 3.8) is 0 Å². The molecule has 0 bridgehead atoms. The summed E-state index contributed by atoms with van der Waals surface area (Å²) in [5.41, 5.74) is 7.17. The second kappa shape index (κ2) is 7.76. The predicted molar refractivity (Wildman–Crippen MR) is 109 cm³/mol. The summed E-state index contributed by atoms with van der Waals surface area (Å²) in [6, 6.07) is 11.8. The van der Waals surface area contributed by atoms with Gasteiger partial charge >= 0.3 is 0 Å². The molecule has 0 saturated carbocycles. The lowest BCUT2D eigenvalue weighted by Crippen LogP contribution is -2.25. The molecule has 0 saturated heterocycles. The molecule has 0 radical (unpaired) electrons. The fourth-order valence-corrected chi connectivity index (χ4v) is 4.12. The van der Waals surface area contributed by atoms with Gasteiger partial charge in [0, 0.05) is 23.8 Å². The molecule has 4 nitrogen and oxygen atoms in total. The van der Waals surface area contributed by atoms with E-state index in [9.17, 15) is 4.39 Å². The van der Waals surface area contributed by atoms with Crippen molar-refractivity contribution in [2.45, 2.75) is 45.7 Å². The van der Waals surface area contributed by atoms with Crippen molar-refractivity contribution in [2.24, 2.45) is 0 Å². The summed E-state index contributed by atoms with van der Waals surface area (Å²) >= 11 is 0. The van der Waals surface area contributed by atoms with Gasteiger partial charge in [0.2, 0.25) is 0 Å². The number of ether oxygens (including phenoxy) is 1. The molecule has 4 rings (SSSR count). The highest BCUT2D eigenvalue weighted by Gasteiger charge is 2.24. The van der Waals surface area contributed by atoms with Crippen LogP contribution in [0.2, 0.25) is 0 Å². The number of fused-ring (bicyclic) bond motifs is 1. The number of hydrogen-bond acceptors (Lipinski definition) is 3. The molecule has 28 heavy (non-hydrogen) atoms. The molecule has 1 aromatic heterocycles. The van der Waals surface area contributed by atoms with Crippen molar-refractivity contribution < 1.29 is 9.13 Å². The van der Waals surface area contributed by atoms with Crippen molar-refractivity contribution in [1.82, 2.24) is 15.1 Å². The first-order valence-corrected chi connectivity index (χ1v) is 9.76. The van der Waals surface area contributed by atoms with Crippen LogP contribution in [0, 0.1) is 19.7 Å². The average molecular weight is 379 g/mol. The van der Waals surface area contributed by atoms with E-state index in [1.807, 2.05) is 6.20 Å². The van der Waals surface area contributed by atoms with Gasteiger partial charge in [-0.1, -0.05) is 12.1 Å². The van der Waals surface area contributed by atoms with Crippen molar-refractivity contribution in [3.8, 4) is 11.4 Å². The zero-order chi connectivity index (χ0) is 19.7. The van der Waals surface area contributed by atoms with E-state index in [-0.39, 0.29) is 17.6 Å². The van der Waals surface area contributed by atoms with Crippen LogP contribution in [0.1, 0.15) is 46.8 Å². The van der Waals surface area contributed by atoms with Crippen LogP contribution in [0.5, 0.6) is 5.75 Å². The van der Waals surface area contributed by atoms with Crippen LogP contribution in [0.15, 0.2) is 42.6 Å². The number of methoxy groups -OCH3 is 1. The molecule has 1 N–H and O–H groups in total. The van der Waals surface area contributed by atoms with Gasteiger partial charge in [0.25, 0.3) is 0 Å². The summed E-state index contributed by atoms with van der Waals surface area (Å²) in [4.78, 5) is 0. The van der Waals surface area contributed by atoms with E-state index in [1.54, 1.807) is 12.1 Å². The molecule has 1 atom stereocenters. The smallest absolute Gasteiger partial charge is 0.165 e. The van der Waals surface area contributed by atoms with Crippen LogP contribution in [-0.2, 0) is 13.0 Å². The Labute approximate surface area is 165 Å². The lowest BCUT2D eigenvalue weighted by Gasteiger charge is -2.24. The van der Waals surface area contributed by atoms with Gasteiger partial charge in [-0.05, 0) is 74.1 Å². The SMILES string of the molecule is COc1cc(CN[C@H]2CCCc3c2cnn3-c2cc(C)cc(C)c2)ccc1F. The molecule has 0 fully saturated rings. The summed E-state index contributed by atoms with van der Waals surface area (Å²) in [6.07, 6.45) is 5.22. The van der Waals surface area contributed by atoms with Crippen molar-refractivity contribution in [1.29, 1.82) is 0 Å². The van der Waals surface area contributed by atoms with E-state index in [2.05, 4.69) is 42.0 Å². The average Bonchev–Trinajstić information content (AvgIpc) is 3.11. The first-order chi connectivity index (χ1) is 13.5. The molecule has 5 heteroatoms. The summed E-state index contributed by atoms with van der Waals surface area (Å²) in [6.45, 7) is 4.90. The lowest BCUT2D eigenvalue weighted by atomic mass is 9.92. The van der Waals surface area contributed by atoms with Gasteiger partial charge in [-0.25, -0.2) is 9.07 Å². The molecule has 0 spiro atoms. The van der Waals surface area contributed by atoms with E-state index in [4.69, 9.17) is 9.84 Å². The molecule has 3 aromatic rings. The number of nitrogens with one attached hydrogen (secondary N) is 1. The number of halogens is 1. The first-order valence-electron chi connectivity index (χ1n) is 9.76. The van der Waals surface area contributed by atoms with Crippen LogP contribution in [0.25, 0.3) is 5.69 Å². The first kappa shape index (κ1) is 18.7. The van der Waals surface area contributed by atoms with Gasteiger partial charge in [0.05, 0.1) is 19.0 Å². The zero-order valence-corrected chi connectivity index (χ0v) is 16.6. The van der Waals surface area contributed by atoms with Gasteiger partial charge in [0.1, 0.15) is 0 Å². The summed E-state index contributed by atoms with van der Waals surface area (Å²) in [5, 5.41) is 8.32. The van der Waals surface area contributed by atoms with Crippen LogP contribution >= 0.6 is 0 Å². The maximum atomic E-state index is 13.6. The van der Waals surface area contributed by atoms with Crippen LogP contribution in [-0.4, -0.2) is 16.9 Å². The minimum Gasteiger partial charge on any atom is -0.494 e. The highest BCUT2D eigenvalue weighted by Crippen LogP contribution is 2.32. The van der Waals surface area contributed by atoms with Gasteiger partial charge in [-0.3, -0.25) is 0 Å². The van der Waals surface area contributed by atoms with Crippen molar-refractivity contribution in [3.05, 3.63) is 76.4 Å². The van der Waals surface area contributed by atoms with Gasteiger partial charge in [0.15, 0.2) is 11.6 Å². The fraction of sp³-hybridized carbons (Fsp3) is 0.348. The Kier molecular flexibility index (Phi) is 5.18. The Morgan fingerprint density at radius 2 is 1.96 bits per heavy atom. The highest BCUT2D eigenvalue weighted by molar-refractivity contribution is 5.42. The molecular formula is C23H26FN3O. The second-order valence-electron chi connectivity index (χ2n) is 7.60. The molecule has 0 amide bonds. The highest BCUT2D eigenvalue weighted by atomic mass is 19.1. The minimum atomic E-state index is -0.332. The summed E-state index contributed by atoms with van der Waals surface area (Å²) < 4.78 is 20.8. The predicted octanol–water partition coefficient (Wildman–Crippen LogP) is 4.80. The van der Waals surface area contributed by atoms with Crippen molar-refractivity contribution >= 4 is 0 Å². The third kappa shape index (κ3) is 3.67. The van der Waals surface area contributed by atoms with E-state index in [0.717, 1.165) is 30.5 Å². The monoisotopic (exact) mass is 379 g/mol. The number of hydrogen-bond donors (Lipinski definition) is 1. The maximum Gasteiger partial charge on any atom is 0.165 e. The molecule has 1 aliphatic rings. The number of nitrogens with zero attached hydrogens (tertiary/aromatic N) is 2. The molecule has 1 aliphatic carbocycles. The second-order valence-corrected chi connectivity index (χ2v) is 7.60. The van der Waals surface area contributed by atoms with Crippen LogP contribution in [0.4, 0.5) is 4.39 Å². The molecule has 146 valence electrons. The van der Waals surface area contributed by atoms with E-state index in [1.165, 1.54) is 35.6 Å². The lowest BCUT2D eigenvalue weighted by molar-refractivity contribution is 0.385. The normalized spacial score (nSPS) is 16.1. The quantitative estimate of drug-likeness (QED) is 0.692. The van der Waals surface area contributed by atoms with Crippen molar-refractivity contribution in [2.75, 3.05) is 7.11 Å². The number of benzene rings is 2. The topological polar surface area (TPSA) is 39.1 Å². The van der Waals surface area contributed by atoms with Crippen LogP contribution < -0.4 is 10.1 Å². The molecule has 0 unspecified atom stereocenters. The summed E-state index contributed by atoms with van der Waals surface area (Å²) in [5.74, 6) is -0.0489. The van der Waals surface area contributed by atoms with E-state index >= 15 is 0 Å². The fourth-order valence-electron chi connectivity index (χ4n) is 4.12. The zero-order valence-electron chi connectivity index (χ0n) is 16.6. The molecule has 2 aromatic carbocycles. The minimum absolute atomic E-state index is 0.249. The van der Waals surface area contributed by atoms with Gasteiger partial charge < -0.3 is 10.1 Å². The van der Waals surface area contributed by atoms with Gasteiger partial charge in [-0.15, -0.1) is 0 Å². The number of aromatic nitrogens is 2. The number of aryl methyl sites for hydroxylation is 2. The van der Waals surface area contributed by atoms with Crippen LogP contribution in [0.3, 0.4) is 0 Å². The number of rotatable bonds is 5. The third-order valence-corrected chi connectivity index (χ3v) is 5.40. The molecular weight excluding hydrogens is 353 g/mol. The third-order valence-electron chi connectivity index (χ3n) is 5.40. The van der Waals surface area contributed by atoms with E-state index < -0.39 is 0 Å². The summed E-state index contributed by atoms with van der Waals surface area (Å²) in [7, 11) is 1.49. The molecule has 0 aliphatic heterocycles. The molecule has 1 heterocycles. The Morgan fingerprint density at radius 3 is 2.71 bits per heavy atom.